The molecule has 0 amide bonds. The number of carbonyl (C=O) groups is 1. The lowest BCUT2D eigenvalue weighted by Gasteiger charge is -2.20. The van der Waals surface area contributed by atoms with Gasteiger partial charge in [0.15, 0.2) is 0 Å². The third-order valence-corrected chi connectivity index (χ3v) is 3.11. The van der Waals surface area contributed by atoms with Crippen molar-refractivity contribution in [3.63, 3.8) is 0 Å². The molecule has 0 aliphatic heterocycles. The van der Waals surface area contributed by atoms with Crippen LogP contribution in [0.4, 0.5) is 4.39 Å². The van der Waals surface area contributed by atoms with E-state index < -0.39 is 5.97 Å². The number of hydrogen-bond acceptors (Lipinski definition) is 2. The highest BCUT2D eigenvalue weighted by molar-refractivity contribution is 5.66. The smallest absolute Gasteiger partial charge is 0.303 e. The fourth-order valence-electron chi connectivity index (χ4n) is 2.44. The summed E-state index contributed by atoms with van der Waals surface area (Å²) in [5, 5.41) is 8.72. The number of rotatable bonds is 5. The minimum atomic E-state index is -0.817. The van der Waals surface area contributed by atoms with Crippen molar-refractivity contribution >= 4 is 5.97 Å². The number of carboxylic acids is 1. The maximum absolute atomic E-state index is 13.2. The molecule has 2 unspecified atom stereocenters. The van der Waals surface area contributed by atoms with Crippen LogP contribution in [-0.2, 0) is 4.79 Å². The van der Waals surface area contributed by atoms with Gasteiger partial charge < -0.3 is 10.8 Å². The summed E-state index contributed by atoms with van der Waals surface area (Å²) in [7, 11) is 0. The van der Waals surface area contributed by atoms with Gasteiger partial charge in [0.25, 0.3) is 0 Å². The predicted octanol–water partition coefficient (Wildman–Crippen LogP) is 2.94. The molecule has 0 aromatic heterocycles. The zero-order chi connectivity index (χ0) is 13.9. The minimum absolute atomic E-state index is 0.00125. The highest BCUT2D eigenvalue weighted by atomic mass is 19.1. The molecule has 0 radical (unpaired) electrons. The molecule has 3 N–H and O–H groups in total. The standard InChI is InChI=1S/C14H20FNO2/c1-8(5-13(17)18)4-12(16)14-9(2)6-11(15)7-10(14)3/h6-8,12H,4-5,16H2,1-3H3,(H,17,18). The van der Waals surface area contributed by atoms with Crippen LogP contribution in [0.15, 0.2) is 12.1 Å². The van der Waals surface area contributed by atoms with Gasteiger partial charge in [0, 0.05) is 12.5 Å². The third-order valence-electron chi connectivity index (χ3n) is 3.11. The van der Waals surface area contributed by atoms with Crippen molar-refractivity contribution in [2.24, 2.45) is 11.7 Å². The molecule has 0 aliphatic carbocycles. The lowest BCUT2D eigenvalue weighted by molar-refractivity contribution is -0.138. The van der Waals surface area contributed by atoms with Crippen molar-refractivity contribution in [2.75, 3.05) is 0 Å². The van der Waals surface area contributed by atoms with E-state index in [4.69, 9.17) is 10.8 Å². The Morgan fingerprint density at radius 3 is 2.33 bits per heavy atom. The summed E-state index contributed by atoms with van der Waals surface area (Å²) in [6, 6.07) is 2.67. The number of carboxylic acid groups (broad SMARTS) is 1. The van der Waals surface area contributed by atoms with E-state index in [9.17, 15) is 9.18 Å². The van der Waals surface area contributed by atoms with E-state index in [1.807, 2.05) is 20.8 Å². The van der Waals surface area contributed by atoms with E-state index in [2.05, 4.69) is 0 Å². The fraction of sp³-hybridized carbons (Fsp3) is 0.500. The van der Waals surface area contributed by atoms with Crippen LogP contribution in [0.3, 0.4) is 0 Å². The maximum atomic E-state index is 13.2. The minimum Gasteiger partial charge on any atom is -0.481 e. The normalized spacial score (nSPS) is 14.3. The Bertz CT molecular complexity index is 422. The average Bonchev–Trinajstić information content (AvgIpc) is 2.12. The van der Waals surface area contributed by atoms with E-state index in [0.29, 0.717) is 6.42 Å². The fourth-order valence-corrected chi connectivity index (χ4v) is 2.44. The lowest BCUT2D eigenvalue weighted by Crippen LogP contribution is -2.18. The maximum Gasteiger partial charge on any atom is 0.303 e. The van der Waals surface area contributed by atoms with Gasteiger partial charge in [0.05, 0.1) is 0 Å². The third kappa shape index (κ3) is 3.81. The number of benzene rings is 1. The number of hydrogen-bond donors (Lipinski definition) is 2. The summed E-state index contributed by atoms with van der Waals surface area (Å²) in [5.41, 5.74) is 8.68. The largest absolute Gasteiger partial charge is 0.481 e. The van der Waals surface area contributed by atoms with Gasteiger partial charge in [0.2, 0.25) is 0 Å². The molecule has 1 rings (SSSR count). The summed E-state index contributed by atoms with van der Waals surface area (Å²) >= 11 is 0. The Labute approximate surface area is 107 Å². The number of nitrogens with two attached hydrogens (primary N) is 1. The molecule has 1 aromatic rings. The second-order valence-corrected chi connectivity index (χ2v) is 5.00. The molecular formula is C14H20FNO2. The van der Waals surface area contributed by atoms with Crippen molar-refractivity contribution in [3.8, 4) is 0 Å². The molecule has 18 heavy (non-hydrogen) atoms. The molecule has 0 fully saturated rings. The molecule has 4 heteroatoms. The van der Waals surface area contributed by atoms with Gasteiger partial charge in [-0.1, -0.05) is 6.92 Å². The quantitative estimate of drug-likeness (QED) is 0.848. The van der Waals surface area contributed by atoms with Gasteiger partial charge in [0.1, 0.15) is 5.82 Å². The average molecular weight is 253 g/mol. The molecular weight excluding hydrogens is 233 g/mol. The number of aliphatic carboxylic acids is 1. The molecule has 0 heterocycles. The summed E-state index contributed by atoms with van der Waals surface area (Å²) in [6.07, 6.45) is 0.687. The van der Waals surface area contributed by atoms with Crippen LogP contribution >= 0.6 is 0 Å². The van der Waals surface area contributed by atoms with Crippen LogP contribution in [0.25, 0.3) is 0 Å². The first-order valence-corrected chi connectivity index (χ1v) is 6.05. The Morgan fingerprint density at radius 2 is 1.89 bits per heavy atom. The van der Waals surface area contributed by atoms with Crippen molar-refractivity contribution in [3.05, 3.63) is 34.6 Å². The van der Waals surface area contributed by atoms with Gasteiger partial charge in [-0.25, -0.2) is 4.39 Å². The molecule has 0 saturated carbocycles. The molecule has 0 bridgehead atoms. The van der Waals surface area contributed by atoms with Crippen molar-refractivity contribution < 1.29 is 14.3 Å². The zero-order valence-electron chi connectivity index (χ0n) is 11.0. The van der Waals surface area contributed by atoms with Gasteiger partial charge in [-0.2, -0.15) is 0 Å². The Hall–Kier alpha value is -1.42. The van der Waals surface area contributed by atoms with Crippen LogP contribution < -0.4 is 5.73 Å². The molecule has 3 nitrogen and oxygen atoms in total. The van der Waals surface area contributed by atoms with Crippen molar-refractivity contribution in [1.29, 1.82) is 0 Å². The summed E-state index contributed by atoms with van der Waals surface area (Å²) in [6.45, 7) is 5.52. The van der Waals surface area contributed by atoms with Gasteiger partial charge in [-0.3, -0.25) is 4.79 Å². The second-order valence-electron chi connectivity index (χ2n) is 5.00. The molecule has 0 aliphatic rings. The Morgan fingerprint density at radius 1 is 1.39 bits per heavy atom. The van der Waals surface area contributed by atoms with E-state index in [0.717, 1.165) is 16.7 Å². The topological polar surface area (TPSA) is 63.3 Å². The molecule has 1 aromatic carbocycles. The van der Waals surface area contributed by atoms with Crippen LogP contribution in [-0.4, -0.2) is 11.1 Å². The van der Waals surface area contributed by atoms with Gasteiger partial charge in [-0.15, -0.1) is 0 Å². The molecule has 0 saturated heterocycles. The van der Waals surface area contributed by atoms with E-state index in [1.165, 1.54) is 12.1 Å². The zero-order valence-corrected chi connectivity index (χ0v) is 11.0. The SMILES string of the molecule is Cc1cc(F)cc(C)c1C(N)CC(C)CC(=O)O. The van der Waals surface area contributed by atoms with Crippen molar-refractivity contribution in [2.45, 2.75) is 39.7 Å². The molecule has 2 atom stereocenters. The monoisotopic (exact) mass is 253 g/mol. The predicted molar refractivity (Wildman–Crippen MR) is 68.8 cm³/mol. The molecule has 100 valence electrons. The van der Waals surface area contributed by atoms with Gasteiger partial charge in [-0.05, 0) is 55.0 Å². The van der Waals surface area contributed by atoms with Crippen LogP contribution in [0, 0.1) is 25.6 Å². The summed E-state index contributed by atoms with van der Waals surface area (Å²) in [4.78, 5) is 10.6. The van der Waals surface area contributed by atoms with Crippen molar-refractivity contribution in [1.82, 2.24) is 0 Å². The van der Waals surface area contributed by atoms with E-state index in [-0.39, 0.29) is 24.2 Å². The number of aryl methyl sites for hydroxylation is 2. The van der Waals surface area contributed by atoms with Gasteiger partial charge >= 0.3 is 5.97 Å². The summed E-state index contributed by atoms with van der Waals surface area (Å²) < 4.78 is 13.2. The molecule has 0 spiro atoms. The second kappa shape index (κ2) is 5.96. The first kappa shape index (κ1) is 14.6. The Balaban J connectivity index is 2.84. The van der Waals surface area contributed by atoms with Crippen LogP contribution in [0.5, 0.6) is 0 Å². The lowest BCUT2D eigenvalue weighted by atomic mass is 9.89. The number of halogens is 1. The van der Waals surface area contributed by atoms with E-state index >= 15 is 0 Å². The highest BCUT2D eigenvalue weighted by Gasteiger charge is 2.17. The van der Waals surface area contributed by atoms with E-state index in [1.54, 1.807) is 0 Å². The van der Waals surface area contributed by atoms with Crippen LogP contribution in [0.2, 0.25) is 0 Å². The summed E-state index contributed by atoms with van der Waals surface area (Å²) in [5.74, 6) is -1.08. The first-order chi connectivity index (χ1) is 8.31. The van der Waals surface area contributed by atoms with Crippen LogP contribution in [0.1, 0.15) is 42.5 Å². The first-order valence-electron chi connectivity index (χ1n) is 6.05. The Kier molecular flexibility index (Phi) is 4.84. The highest BCUT2D eigenvalue weighted by Crippen LogP contribution is 2.27.